The van der Waals surface area contributed by atoms with Gasteiger partial charge in [-0.25, -0.2) is 0 Å². The van der Waals surface area contributed by atoms with E-state index < -0.39 is 0 Å². The molecule has 0 saturated heterocycles. The zero-order valence-electron chi connectivity index (χ0n) is 7.04. The molecule has 0 N–H and O–H groups in total. The van der Waals surface area contributed by atoms with Crippen molar-refractivity contribution in [2.45, 2.75) is 13.8 Å². The Kier molecular flexibility index (Phi) is 1.89. The number of nitrogens with zero attached hydrogens (tertiary/aromatic N) is 4. The van der Waals surface area contributed by atoms with Crippen LogP contribution in [0.3, 0.4) is 0 Å². The lowest BCUT2D eigenvalue weighted by atomic mass is 10.2. The molecule has 0 radical (unpaired) electrons. The number of hydrogen-bond donors (Lipinski definition) is 0. The smallest absolute Gasteiger partial charge is 0.181 e. The lowest BCUT2D eigenvalue weighted by Gasteiger charge is -2.02. The standard InChI is InChI=1S/C7H6Cl2N4/c1-3-4(2)6-10-11-7(9)13(6)12-5(3)8/h1-2H3. The summed E-state index contributed by atoms with van der Waals surface area (Å²) in [6, 6.07) is 0. The molecule has 0 amide bonds. The molecule has 68 valence electrons. The Morgan fingerprint density at radius 2 is 1.77 bits per heavy atom. The first-order valence-corrected chi connectivity index (χ1v) is 4.40. The van der Waals surface area contributed by atoms with Crippen molar-refractivity contribution < 1.29 is 0 Å². The molecular weight excluding hydrogens is 211 g/mol. The highest BCUT2D eigenvalue weighted by Gasteiger charge is 2.11. The van der Waals surface area contributed by atoms with Crippen molar-refractivity contribution in [3.05, 3.63) is 21.6 Å². The van der Waals surface area contributed by atoms with Gasteiger partial charge in [-0.15, -0.1) is 10.2 Å². The molecule has 2 rings (SSSR count). The van der Waals surface area contributed by atoms with Gasteiger partial charge in [0.1, 0.15) is 0 Å². The quantitative estimate of drug-likeness (QED) is 0.678. The fraction of sp³-hybridized carbons (Fsp3) is 0.286. The Labute approximate surface area is 84.5 Å². The molecule has 0 bridgehead atoms. The van der Waals surface area contributed by atoms with Crippen LogP contribution in [0.2, 0.25) is 10.4 Å². The number of aryl methyl sites for hydroxylation is 1. The van der Waals surface area contributed by atoms with Crippen LogP contribution in [0.5, 0.6) is 0 Å². The van der Waals surface area contributed by atoms with Crippen molar-refractivity contribution >= 4 is 28.8 Å². The van der Waals surface area contributed by atoms with Gasteiger partial charge in [0.05, 0.1) is 0 Å². The minimum absolute atomic E-state index is 0.222. The summed E-state index contributed by atoms with van der Waals surface area (Å²) in [5.74, 6) is 0. The highest BCUT2D eigenvalue weighted by molar-refractivity contribution is 6.30. The van der Waals surface area contributed by atoms with Crippen molar-refractivity contribution in [3.63, 3.8) is 0 Å². The van der Waals surface area contributed by atoms with E-state index in [-0.39, 0.29) is 5.28 Å². The average Bonchev–Trinajstić information content (AvgIpc) is 2.45. The van der Waals surface area contributed by atoms with E-state index in [2.05, 4.69) is 15.3 Å². The van der Waals surface area contributed by atoms with Crippen molar-refractivity contribution in [2.24, 2.45) is 0 Å². The van der Waals surface area contributed by atoms with Gasteiger partial charge < -0.3 is 0 Å². The topological polar surface area (TPSA) is 43.1 Å². The van der Waals surface area contributed by atoms with Gasteiger partial charge in [-0.3, -0.25) is 0 Å². The van der Waals surface area contributed by atoms with Gasteiger partial charge >= 0.3 is 0 Å². The second-order valence-electron chi connectivity index (χ2n) is 2.75. The zero-order chi connectivity index (χ0) is 9.59. The molecule has 13 heavy (non-hydrogen) atoms. The van der Waals surface area contributed by atoms with Crippen LogP contribution in [0.1, 0.15) is 11.1 Å². The van der Waals surface area contributed by atoms with E-state index >= 15 is 0 Å². The fourth-order valence-corrected chi connectivity index (χ4v) is 1.44. The number of halogens is 2. The predicted molar refractivity (Wildman–Crippen MR) is 50.3 cm³/mol. The molecule has 2 aromatic heterocycles. The average molecular weight is 217 g/mol. The monoisotopic (exact) mass is 216 g/mol. The van der Waals surface area contributed by atoms with Gasteiger partial charge in [0.15, 0.2) is 10.8 Å². The van der Waals surface area contributed by atoms with E-state index in [4.69, 9.17) is 23.2 Å². The molecular formula is C7H6Cl2N4. The third-order valence-electron chi connectivity index (χ3n) is 2.00. The van der Waals surface area contributed by atoms with Gasteiger partial charge in [0.25, 0.3) is 0 Å². The normalized spacial score (nSPS) is 11.1. The van der Waals surface area contributed by atoms with E-state index in [1.165, 1.54) is 4.52 Å². The lowest BCUT2D eigenvalue weighted by molar-refractivity contribution is 0.911. The Morgan fingerprint density at radius 1 is 1.08 bits per heavy atom. The highest BCUT2D eigenvalue weighted by atomic mass is 35.5. The highest BCUT2D eigenvalue weighted by Crippen LogP contribution is 2.20. The Morgan fingerprint density at radius 3 is 2.46 bits per heavy atom. The predicted octanol–water partition coefficient (Wildman–Crippen LogP) is 2.05. The molecule has 2 heterocycles. The molecule has 0 spiro atoms. The first kappa shape index (κ1) is 8.72. The van der Waals surface area contributed by atoms with Crippen LogP contribution in [-0.4, -0.2) is 19.8 Å². The van der Waals surface area contributed by atoms with E-state index in [1.54, 1.807) is 0 Å². The Bertz CT molecular complexity index is 477. The molecule has 2 aromatic rings. The van der Waals surface area contributed by atoms with Gasteiger partial charge in [0, 0.05) is 5.56 Å². The SMILES string of the molecule is Cc1c(Cl)nn2c(Cl)nnc2c1C. The first-order chi connectivity index (χ1) is 6.11. The Balaban J connectivity index is 2.96. The molecule has 0 fully saturated rings. The van der Waals surface area contributed by atoms with Crippen molar-refractivity contribution in [2.75, 3.05) is 0 Å². The van der Waals surface area contributed by atoms with Crippen molar-refractivity contribution in [1.29, 1.82) is 0 Å². The lowest BCUT2D eigenvalue weighted by Crippen LogP contribution is -1.98. The van der Waals surface area contributed by atoms with Gasteiger partial charge in [-0.05, 0) is 31.0 Å². The van der Waals surface area contributed by atoms with Gasteiger partial charge in [-0.1, -0.05) is 11.6 Å². The summed E-state index contributed by atoms with van der Waals surface area (Å²) in [4.78, 5) is 0. The molecule has 0 saturated carbocycles. The molecule has 0 unspecified atom stereocenters. The third-order valence-corrected chi connectivity index (χ3v) is 2.59. The molecule has 0 aromatic carbocycles. The van der Waals surface area contributed by atoms with E-state index in [0.717, 1.165) is 11.1 Å². The second-order valence-corrected chi connectivity index (χ2v) is 3.44. The summed E-state index contributed by atoms with van der Waals surface area (Å²) < 4.78 is 1.42. The summed E-state index contributed by atoms with van der Waals surface area (Å²) in [6.45, 7) is 3.79. The first-order valence-electron chi connectivity index (χ1n) is 3.65. The third kappa shape index (κ3) is 1.17. The molecule has 4 nitrogen and oxygen atoms in total. The van der Waals surface area contributed by atoms with Crippen LogP contribution >= 0.6 is 23.2 Å². The van der Waals surface area contributed by atoms with Crippen LogP contribution in [-0.2, 0) is 0 Å². The minimum atomic E-state index is 0.222. The van der Waals surface area contributed by atoms with Gasteiger partial charge in [0.2, 0.25) is 5.28 Å². The minimum Gasteiger partial charge on any atom is -0.181 e. The van der Waals surface area contributed by atoms with Crippen molar-refractivity contribution in [1.82, 2.24) is 19.8 Å². The summed E-state index contributed by atoms with van der Waals surface area (Å²) in [6.07, 6.45) is 0. The Hall–Kier alpha value is -0.870. The van der Waals surface area contributed by atoms with Crippen LogP contribution in [0.15, 0.2) is 0 Å². The molecule has 6 heteroatoms. The van der Waals surface area contributed by atoms with Crippen molar-refractivity contribution in [3.8, 4) is 0 Å². The summed E-state index contributed by atoms with van der Waals surface area (Å²) in [5, 5.41) is 12.2. The van der Waals surface area contributed by atoms with Gasteiger partial charge in [-0.2, -0.15) is 9.61 Å². The van der Waals surface area contributed by atoms with E-state index in [1.807, 2.05) is 13.8 Å². The maximum absolute atomic E-state index is 5.88. The second kappa shape index (κ2) is 2.82. The molecule has 0 atom stereocenters. The summed E-state index contributed by atoms with van der Waals surface area (Å²) in [7, 11) is 0. The van der Waals surface area contributed by atoms with Crippen LogP contribution in [0.25, 0.3) is 5.65 Å². The van der Waals surface area contributed by atoms with Crippen LogP contribution in [0, 0.1) is 13.8 Å². The molecule has 0 aliphatic rings. The maximum Gasteiger partial charge on any atom is 0.246 e. The maximum atomic E-state index is 5.88. The number of rotatable bonds is 0. The van der Waals surface area contributed by atoms with Crippen LogP contribution in [0.4, 0.5) is 0 Å². The van der Waals surface area contributed by atoms with E-state index in [9.17, 15) is 0 Å². The number of fused-ring (bicyclic) bond motifs is 1. The fourth-order valence-electron chi connectivity index (χ4n) is 1.07. The number of aromatic nitrogens is 4. The number of hydrogen-bond acceptors (Lipinski definition) is 3. The summed E-state index contributed by atoms with van der Waals surface area (Å²) in [5.41, 5.74) is 2.49. The summed E-state index contributed by atoms with van der Waals surface area (Å²) >= 11 is 11.6. The largest absolute Gasteiger partial charge is 0.246 e. The van der Waals surface area contributed by atoms with Crippen LogP contribution < -0.4 is 0 Å². The molecule has 0 aliphatic heterocycles. The zero-order valence-corrected chi connectivity index (χ0v) is 8.56. The molecule has 0 aliphatic carbocycles. The van der Waals surface area contributed by atoms with E-state index in [0.29, 0.717) is 10.8 Å².